The molecule has 0 heterocycles. The summed E-state index contributed by atoms with van der Waals surface area (Å²) < 4.78 is 0. The van der Waals surface area contributed by atoms with Crippen LogP contribution < -0.4 is 11.1 Å². The second kappa shape index (κ2) is 5.70. The molecule has 3 nitrogen and oxygen atoms in total. The molecule has 1 aliphatic carbocycles. The van der Waals surface area contributed by atoms with Gasteiger partial charge in [0.25, 0.3) is 5.91 Å². The highest BCUT2D eigenvalue weighted by molar-refractivity contribution is 7.80. The first-order valence-electron chi connectivity index (χ1n) is 6.73. The van der Waals surface area contributed by atoms with Gasteiger partial charge in [-0.15, -0.1) is 0 Å². The Morgan fingerprint density at radius 1 is 1.21 bits per heavy atom. The van der Waals surface area contributed by atoms with Crippen molar-refractivity contribution in [2.75, 3.05) is 0 Å². The van der Waals surface area contributed by atoms with Gasteiger partial charge >= 0.3 is 0 Å². The maximum atomic E-state index is 12.3. The van der Waals surface area contributed by atoms with E-state index in [1.54, 1.807) is 0 Å². The molecule has 0 radical (unpaired) electrons. The molecule has 2 rings (SSSR count). The Labute approximate surface area is 119 Å². The number of nitrogens with one attached hydrogen (secondary N) is 1. The Morgan fingerprint density at radius 3 is 2.32 bits per heavy atom. The van der Waals surface area contributed by atoms with Crippen LogP contribution in [-0.2, 0) is 0 Å². The van der Waals surface area contributed by atoms with Gasteiger partial charge in [0, 0.05) is 5.56 Å². The van der Waals surface area contributed by atoms with Crippen LogP contribution >= 0.6 is 12.2 Å². The number of amides is 1. The summed E-state index contributed by atoms with van der Waals surface area (Å²) in [6, 6.07) is 7.54. The molecule has 102 valence electrons. The molecule has 1 fully saturated rings. The van der Waals surface area contributed by atoms with Gasteiger partial charge in [0.1, 0.15) is 0 Å². The Morgan fingerprint density at radius 2 is 1.79 bits per heavy atom. The van der Waals surface area contributed by atoms with E-state index in [1.165, 1.54) is 6.42 Å². The number of carbonyl (C=O) groups is 1. The van der Waals surface area contributed by atoms with Gasteiger partial charge in [-0.3, -0.25) is 4.79 Å². The van der Waals surface area contributed by atoms with E-state index >= 15 is 0 Å². The molecule has 0 bridgehead atoms. The molecule has 0 aromatic heterocycles. The summed E-state index contributed by atoms with van der Waals surface area (Å²) in [5.41, 5.74) is 7.18. The number of hydrogen-bond acceptors (Lipinski definition) is 2. The lowest BCUT2D eigenvalue weighted by Crippen LogP contribution is -2.57. The van der Waals surface area contributed by atoms with E-state index in [0.717, 1.165) is 31.2 Å². The van der Waals surface area contributed by atoms with Crippen LogP contribution in [0.25, 0.3) is 0 Å². The summed E-state index contributed by atoms with van der Waals surface area (Å²) in [5.74, 6) is -0.0882. The molecule has 19 heavy (non-hydrogen) atoms. The van der Waals surface area contributed by atoms with E-state index in [0.29, 0.717) is 10.6 Å². The van der Waals surface area contributed by atoms with Crippen molar-refractivity contribution in [1.29, 1.82) is 0 Å². The van der Waals surface area contributed by atoms with E-state index in [4.69, 9.17) is 18.0 Å². The highest BCUT2D eigenvalue weighted by atomic mass is 32.1. The van der Waals surface area contributed by atoms with Crippen molar-refractivity contribution in [2.24, 2.45) is 5.73 Å². The molecule has 1 aromatic carbocycles. The summed E-state index contributed by atoms with van der Waals surface area (Å²) in [4.78, 5) is 12.7. The number of carbonyl (C=O) groups excluding carboxylic acids is 1. The Bertz CT molecular complexity index is 475. The van der Waals surface area contributed by atoms with Crippen molar-refractivity contribution < 1.29 is 4.79 Å². The molecular weight excluding hydrogens is 256 g/mol. The predicted octanol–water partition coefficient (Wildman–Crippen LogP) is 2.71. The third kappa shape index (κ3) is 3.13. The first kappa shape index (κ1) is 14.0. The zero-order valence-electron chi connectivity index (χ0n) is 11.2. The number of hydrogen-bond donors (Lipinski definition) is 2. The SMILES string of the molecule is Cc1ccc(C(=O)NC2(C(N)=S)CCCCC2)cc1. The molecule has 0 spiro atoms. The van der Waals surface area contributed by atoms with E-state index in [9.17, 15) is 4.79 Å². The fourth-order valence-corrected chi connectivity index (χ4v) is 2.84. The van der Waals surface area contributed by atoms with Crippen LogP contribution in [0, 0.1) is 6.92 Å². The second-order valence-corrected chi connectivity index (χ2v) is 5.77. The van der Waals surface area contributed by atoms with Crippen LogP contribution in [0.15, 0.2) is 24.3 Å². The average Bonchev–Trinajstić information content (AvgIpc) is 2.40. The first-order valence-corrected chi connectivity index (χ1v) is 7.13. The number of benzene rings is 1. The second-order valence-electron chi connectivity index (χ2n) is 5.33. The molecule has 0 saturated heterocycles. The van der Waals surface area contributed by atoms with Gasteiger partial charge in [-0.05, 0) is 31.9 Å². The van der Waals surface area contributed by atoms with Crippen molar-refractivity contribution in [3.63, 3.8) is 0 Å². The topological polar surface area (TPSA) is 55.1 Å². The van der Waals surface area contributed by atoms with Gasteiger partial charge in [-0.25, -0.2) is 0 Å². The molecule has 1 amide bonds. The van der Waals surface area contributed by atoms with Crippen LogP contribution in [0.2, 0.25) is 0 Å². The van der Waals surface area contributed by atoms with Crippen molar-refractivity contribution in [3.05, 3.63) is 35.4 Å². The zero-order valence-corrected chi connectivity index (χ0v) is 12.1. The number of aryl methyl sites for hydroxylation is 1. The summed E-state index contributed by atoms with van der Waals surface area (Å²) in [6.45, 7) is 2.00. The lowest BCUT2D eigenvalue weighted by Gasteiger charge is -2.37. The summed E-state index contributed by atoms with van der Waals surface area (Å²) >= 11 is 5.18. The van der Waals surface area contributed by atoms with Crippen molar-refractivity contribution >= 4 is 23.1 Å². The summed E-state index contributed by atoms with van der Waals surface area (Å²) in [5, 5.41) is 3.06. The monoisotopic (exact) mass is 276 g/mol. The standard InChI is InChI=1S/C15H20N2OS/c1-11-5-7-12(8-6-11)13(18)17-15(14(16)19)9-3-2-4-10-15/h5-8H,2-4,9-10H2,1H3,(H2,16,19)(H,17,18). The maximum Gasteiger partial charge on any atom is 0.252 e. The van der Waals surface area contributed by atoms with E-state index < -0.39 is 5.54 Å². The summed E-state index contributed by atoms with van der Waals surface area (Å²) in [6.07, 6.45) is 5.00. The van der Waals surface area contributed by atoms with E-state index in [2.05, 4.69) is 5.32 Å². The Kier molecular flexibility index (Phi) is 4.20. The molecule has 0 aliphatic heterocycles. The van der Waals surface area contributed by atoms with Gasteiger partial charge in [-0.2, -0.15) is 0 Å². The number of rotatable bonds is 3. The molecule has 0 unspecified atom stereocenters. The molecule has 1 aromatic rings. The molecule has 1 aliphatic rings. The third-order valence-electron chi connectivity index (χ3n) is 3.85. The minimum atomic E-state index is -0.491. The Balaban J connectivity index is 2.15. The smallest absolute Gasteiger partial charge is 0.252 e. The average molecular weight is 276 g/mol. The van der Waals surface area contributed by atoms with Crippen LogP contribution in [0.4, 0.5) is 0 Å². The van der Waals surface area contributed by atoms with Crippen LogP contribution in [0.5, 0.6) is 0 Å². The minimum Gasteiger partial charge on any atom is -0.391 e. The quantitative estimate of drug-likeness (QED) is 0.835. The zero-order chi connectivity index (χ0) is 13.9. The van der Waals surface area contributed by atoms with Gasteiger partial charge < -0.3 is 11.1 Å². The van der Waals surface area contributed by atoms with Gasteiger partial charge in [0.15, 0.2) is 0 Å². The normalized spacial score (nSPS) is 17.7. The van der Waals surface area contributed by atoms with E-state index in [1.807, 2.05) is 31.2 Å². The van der Waals surface area contributed by atoms with Gasteiger partial charge in [0.05, 0.1) is 10.5 Å². The maximum absolute atomic E-state index is 12.3. The summed E-state index contributed by atoms with van der Waals surface area (Å²) in [7, 11) is 0. The van der Waals surface area contributed by atoms with Crippen LogP contribution in [0.3, 0.4) is 0 Å². The fourth-order valence-electron chi connectivity index (χ4n) is 2.58. The predicted molar refractivity (Wildman–Crippen MR) is 81.2 cm³/mol. The molecule has 0 atom stereocenters. The highest BCUT2D eigenvalue weighted by Crippen LogP contribution is 2.29. The molecular formula is C15H20N2OS. The van der Waals surface area contributed by atoms with Crippen molar-refractivity contribution in [1.82, 2.24) is 5.32 Å². The third-order valence-corrected chi connectivity index (χ3v) is 4.24. The lowest BCUT2D eigenvalue weighted by atomic mass is 9.81. The lowest BCUT2D eigenvalue weighted by molar-refractivity contribution is 0.0908. The highest BCUT2D eigenvalue weighted by Gasteiger charge is 2.36. The molecule has 4 heteroatoms. The fraction of sp³-hybridized carbons (Fsp3) is 0.467. The largest absolute Gasteiger partial charge is 0.391 e. The molecule has 3 N–H and O–H groups in total. The number of thiocarbonyl (C=S) groups is 1. The number of nitrogens with two attached hydrogens (primary N) is 1. The minimum absolute atomic E-state index is 0.0882. The van der Waals surface area contributed by atoms with Gasteiger partial charge in [-0.1, -0.05) is 49.2 Å². The van der Waals surface area contributed by atoms with Crippen molar-refractivity contribution in [2.45, 2.75) is 44.6 Å². The molecule has 1 saturated carbocycles. The van der Waals surface area contributed by atoms with Crippen LogP contribution in [-0.4, -0.2) is 16.4 Å². The van der Waals surface area contributed by atoms with E-state index in [-0.39, 0.29) is 5.91 Å². The Hall–Kier alpha value is -1.42. The first-order chi connectivity index (χ1) is 9.03. The van der Waals surface area contributed by atoms with Crippen LogP contribution in [0.1, 0.15) is 48.0 Å². The van der Waals surface area contributed by atoms with Gasteiger partial charge in [0.2, 0.25) is 0 Å². The van der Waals surface area contributed by atoms with Crippen molar-refractivity contribution in [3.8, 4) is 0 Å².